The normalized spacial score (nSPS) is 10.1. The molecular weight excluding hydrogens is 316 g/mol. The van der Waals surface area contributed by atoms with Crippen molar-refractivity contribution in [2.75, 3.05) is 11.1 Å². The fraction of sp³-hybridized carbons (Fsp3) is 0. The molecule has 0 bridgehead atoms. The van der Waals surface area contributed by atoms with E-state index in [-0.39, 0.29) is 5.91 Å². The van der Waals surface area contributed by atoms with Crippen molar-refractivity contribution < 1.29 is 4.79 Å². The third-order valence-corrected chi connectivity index (χ3v) is 3.17. The van der Waals surface area contributed by atoms with Gasteiger partial charge in [0.25, 0.3) is 5.91 Å². The van der Waals surface area contributed by atoms with Gasteiger partial charge < -0.3 is 11.1 Å². The van der Waals surface area contributed by atoms with Gasteiger partial charge in [-0.05, 0) is 36.4 Å². The third-order valence-electron chi connectivity index (χ3n) is 2.35. The minimum absolute atomic E-state index is 0.227. The minimum atomic E-state index is -0.227. The lowest BCUT2D eigenvalue weighted by atomic mass is 10.2. The van der Waals surface area contributed by atoms with Crippen LogP contribution in [0.25, 0.3) is 0 Å². The van der Waals surface area contributed by atoms with Crippen molar-refractivity contribution in [1.82, 2.24) is 0 Å². The standard InChI is InChI=1S/C13H10BrClN2O/c14-9-2-1-3-10(7-9)17-13(18)8-4-5-12(16)11(15)6-8/h1-7H,16H2,(H,17,18). The lowest BCUT2D eigenvalue weighted by Gasteiger charge is -2.06. The Labute approximate surface area is 118 Å². The molecule has 2 rings (SSSR count). The highest BCUT2D eigenvalue weighted by Crippen LogP contribution is 2.21. The number of carbonyl (C=O) groups excluding carboxylic acids is 1. The first kappa shape index (κ1) is 12.9. The van der Waals surface area contributed by atoms with Crippen LogP contribution in [0.1, 0.15) is 10.4 Å². The van der Waals surface area contributed by atoms with Gasteiger partial charge in [0.2, 0.25) is 0 Å². The summed E-state index contributed by atoms with van der Waals surface area (Å²) < 4.78 is 0.899. The molecule has 18 heavy (non-hydrogen) atoms. The number of hydrogen-bond acceptors (Lipinski definition) is 2. The minimum Gasteiger partial charge on any atom is -0.398 e. The highest BCUT2D eigenvalue weighted by Gasteiger charge is 2.08. The van der Waals surface area contributed by atoms with Gasteiger partial charge in [0, 0.05) is 15.7 Å². The van der Waals surface area contributed by atoms with Crippen molar-refractivity contribution in [3.05, 3.63) is 57.5 Å². The molecule has 5 heteroatoms. The van der Waals surface area contributed by atoms with Gasteiger partial charge in [-0.3, -0.25) is 4.79 Å². The molecule has 0 aromatic heterocycles. The zero-order valence-electron chi connectivity index (χ0n) is 9.28. The summed E-state index contributed by atoms with van der Waals surface area (Å²) in [7, 11) is 0. The fourth-order valence-corrected chi connectivity index (χ4v) is 2.02. The molecule has 92 valence electrons. The average molecular weight is 326 g/mol. The first-order chi connectivity index (χ1) is 8.56. The molecule has 2 aromatic rings. The second kappa shape index (κ2) is 5.42. The van der Waals surface area contributed by atoms with E-state index in [1.165, 1.54) is 0 Å². The van der Waals surface area contributed by atoms with Gasteiger partial charge in [0.15, 0.2) is 0 Å². The van der Waals surface area contributed by atoms with Gasteiger partial charge in [-0.1, -0.05) is 33.6 Å². The van der Waals surface area contributed by atoms with E-state index in [0.29, 0.717) is 22.0 Å². The van der Waals surface area contributed by atoms with Gasteiger partial charge in [-0.25, -0.2) is 0 Å². The monoisotopic (exact) mass is 324 g/mol. The SMILES string of the molecule is Nc1ccc(C(=O)Nc2cccc(Br)c2)cc1Cl. The Morgan fingerprint density at radius 1 is 1.22 bits per heavy atom. The molecule has 0 aliphatic heterocycles. The van der Waals surface area contributed by atoms with Gasteiger partial charge in [0.05, 0.1) is 10.7 Å². The summed E-state index contributed by atoms with van der Waals surface area (Å²) in [6.45, 7) is 0. The Kier molecular flexibility index (Phi) is 3.89. The van der Waals surface area contributed by atoms with Crippen molar-refractivity contribution in [3.8, 4) is 0 Å². The van der Waals surface area contributed by atoms with Gasteiger partial charge in [0.1, 0.15) is 0 Å². The molecule has 0 radical (unpaired) electrons. The number of rotatable bonds is 2. The molecule has 0 spiro atoms. The van der Waals surface area contributed by atoms with Crippen LogP contribution in [0.3, 0.4) is 0 Å². The number of nitrogen functional groups attached to an aromatic ring is 1. The third kappa shape index (κ3) is 3.03. The highest BCUT2D eigenvalue weighted by atomic mass is 79.9. The number of hydrogen-bond donors (Lipinski definition) is 2. The van der Waals surface area contributed by atoms with E-state index in [1.807, 2.05) is 24.3 Å². The number of benzene rings is 2. The summed E-state index contributed by atoms with van der Waals surface area (Å²) in [4.78, 5) is 12.0. The second-order valence-electron chi connectivity index (χ2n) is 3.70. The van der Waals surface area contributed by atoms with E-state index < -0.39 is 0 Å². The number of carbonyl (C=O) groups is 1. The van der Waals surface area contributed by atoms with Crippen LogP contribution in [-0.2, 0) is 0 Å². The average Bonchev–Trinajstić information content (AvgIpc) is 2.32. The smallest absolute Gasteiger partial charge is 0.255 e. The van der Waals surface area contributed by atoms with Crippen LogP contribution in [-0.4, -0.2) is 5.91 Å². The fourth-order valence-electron chi connectivity index (χ4n) is 1.44. The maximum absolute atomic E-state index is 12.0. The summed E-state index contributed by atoms with van der Waals surface area (Å²) in [5.41, 5.74) is 7.22. The van der Waals surface area contributed by atoms with Crippen molar-refractivity contribution in [3.63, 3.8) is 0 Å². The quantitative estimate of drug-likeness (QED) is 0.822. The number of amides is 1. The first-order valence-corrected chi connectivity index (χ1v) is 6.35. The van der Waals surface area contributed by atoms with Crippen LogP contribution in [0, 0.1) is 0 Å². The number of nitrogens with one attached hydrogen (secondary N) is 1. The summed E-state index contributed by atoms with van der Waals surface area (Å²) in [5, 5.41) is 3.15. The Hall–Kier alpha value is -1.52. The van der Waals surface area contributed by atoms with E-state index in [4.69, 9.17) is 17.3 Å². The summed E-state index contributed by atoms with van der Waals surface area (Å²) in [6.07, 6.45) is 0. The van der Waals surface area contributed by atoms with Crippen LogP contribution in [0.4, 0.5) is 11.4 Å². The van der Waals surface area contributed by atoms with Gasteiger partial charge >= 0.3 is 0 Å². The van der Waals surface area contributed by atoms with Crippen molar-refractivity contribution in [2.24, 2.45) is 0 Å². The summed E-state index contributed by atoms with van der Waals surface area (Å²) in [6, 6.07) is 12.1. The maximum Gasteiger partial charge on any atom is 0.255 e. The molecule has 2 aromatic carbocycles. The zero-order chi connectivity index (χ0) is 13.1. The van der Waals surface area contributed by atoms with E-state index in [0.717, 1.165) is 4.47 Å². The summed E-state index contributed by atoms with van der Waals surface area (Å²) >= 11 is 9.21. The lowest BCUT2D eigenvalue weighted by molar-refractivity contribution is 0.102. The van der Waals surface area contributed by atoms with Gasteiger partial charge in [-0.15, -0.1) is 0 Å². The van der Waals surface area contributed by atoms with E-state index in [9.17, 15) is 4.79 Å². The molecule has 0 aliphatic carbocycles. The zero-order valence-corrected chi connectivity index (χ0v) is 11.6. The molecule has 0 atom stereocenters. The molecule has 3 nitrogen and oxygen atoms in total. The maximum atomic E-state index is 12.0. The Morgan fingerprint density at radius 3 is 2.67 bits per heavy atom. The van der Waals surface area contributed by atoms with E-state index in [2.05, 4.69) is 21.2 Å². The van der Waals surface area contributed by atoms with Crippen molar-refractivity contribution >= 4 is 44.8 Å². The van der Waals surface area contributed by atoms with Crippen molar-refractivity contribution in [1.29, 1.82) is 0 Å². The lowest BCUT2D eigenvalue weighted by Crippen LogP contribution is -2.11. The van der Waals surface area contributed by atoms with Crippen molar-refractivity contribution in [2.45, 2.75) is 0 Å². The van der Waals surface area contributed by atoms with Crippen LogP contribution < -0.4 is 11.1 Å². The molecule has 3 N–H and O–H groups in total. The Bertz CT molecular complexity index is 601. The topological polar surface area (TPSA) is 55.1 Å². The van der Waals surface area contributed by atoms with E-state index in [1.54, 1.807) is 18.2 Å². The Morgan fingerprint density at radius 2 is 2.00 bits per heavy atom. The van der Waals surface area contributed by atoms with Crippen LogP contribution in [0.2, 0.25) is 5.02 Å². The molecule has 0 fully saturated rings. The molecular formula is C13H10BrClN2O. The predicted octanol–water partition coefficient (Wildman–Crippen LogP) is 3.94. The molecule has 0 unspecified atom stereocenters. The highest BCUT2D eigenvalue weighted by molar-refractivity contribution is 9.10. The van der Waals surface area contributed by atoms with Crippen LogP contribution in [0.15, 0.2) is 46.9 Å². The summed E-state index contributed by atoms with van der Waals surface area (Å²) in [5.74, 6) is -0.227. The van der Waals surface area contributed by atoms with E-state index >= 15 is 0 Å². The second-order valence-corrected chi connectivity index (χ2v) is 5.02. The molecule has 0 heterocycles. The molecule has 0 aliphatic rings. The molecule has 0 saturated carbocycles. The predicted molar refractivity (Wildman–Crippen MR) is 78.0 cm³/mol. The number of nitrogens with two attached hydrogens (primary N) is 1. The van der Waals surface area contributed by atoms with Crippen LogP contribution >= 0.6 is 27.5 Å². The number of anilines is 2. The Balaban J connectivity index is 2.19. The van der Waals surface area contributed by atoms with Gasteiger partial charge in [-0.2, -0.15) is 0 Å². The molecule has 1 amide bonds. The number of halogens is 2. The van der Waals surface area contributed by atoms with Crippen LogP contribution in [0.5, 0.6) is 0 Å². The molecule has 0 saturated heterocycles. The largest absolute Gasteiger partial charge is 0.398 e. The first-order valence-electron chi connectivity index (χ1n) is 5.18.